The van der Waals surface area contributed by atoms with E-state index in [2.05, 4.69) is 0 Å². The van der Waals surface area contributed by atoms with E-state index in [1.54, 1.807) is 48.5 Å². The number of nitrogens with two attached hydrogens (primary N) is 1. The zero-order valence-corrected chi connectivity index (χ0v) is 20.3. The second kappa shape index (κ2) is 9.35. The molecule has 0 aliphatic heterocycles. The minimum absolute atomic E-state index is 0.0995. The van der Waals surface area contributed by atoms with E-state index in [1.165, 1.54) is 30.5 Å². The molecule has 0 aliphatic rings. The van der Waals surface area contributed by atoms with Gasteiger partial charge < -0.3 is 0 Å². The van der Waals surface area contributed by atoms with Gasteiger partial charge in [-0.1, -0.05) is 71.7 Å². The number of hydrogen-bond acceptors (Lipinski definition) is 4. The minimum atomic E-state index is -3.70. The lowest BCUT2D eigenvalue weighted by Gasteiger charge is -2.14. The van der Waals surface area contributed by atoms with Gasteiger partial charge in [0.25, 0.3) is 0 Å². The van der Waals surface area contributed by atoms with Crippen LogP contribution in [0.4, 0.5) is 0 Å². The van der Waals surface area contributed by atoms with Crippen molar-refractivity contribution in [3.05, 3.63) is 82.8 Å². The quantitative estimate of drug-likeness (QED) is 0.424. The summed E-state index contributed by atoms with van der Waals surface area (Å²) in [4.78, 5) is 0.380. The molecule has 0 atom stereocenters. The molecule has 0 saturated heterocycles. The topological polar surface area (TPSA) is 97.5 Å². The van der Waals surface area contributed by atoms with E-state index in [4.69, 9.17) is 28.3 Å². The molecule has 0 unspecified atom stereocenters. The zero-order valence-electron chi connectivity index (χ0n) is 17.2. The van der Waals surface area contributed by atoms with Crippen molar-refractivity contribution in [2.24, 2.45) is 5.14 Å². The van der Waals surface area contributed by atoms with Gasteiger partial charge in [0.05, 0.1) is 9.79 Å². The summed E-state index contributed by atoms with van der Waals surface area (Å²) in [6.07, 6.45) is 0. The second-order valence-corrected chi connectivity index (χ2v) is 11.5. The van der Waals surface area contributed by atoms with Crippen molar-refractivity contribution in [2.75, 3.05) is 14.1 Å². The summed E-state index contributed by atoms with van der Waals surface area (Å²) in [5, 5.41) is 8.80. The Labute approximate surface area is 197 Å². The number of primary sulfonamides is 1. The molecular formula is C22H20Cl2N2O4S2. The maximum atomic E-state index is 12.1. The lowest BCUT2D eigenvalue weighted by atomic mass is 10.1. The molecule has 0 spiro atoms. The van der Waals surface area contributed by atoms with Gasteiger partial charge in [-0.25, -0.2) is 26.3 Å². The van der Waals surface area contributed by atoms with Crippen molar-refractivity contribution in [2.45, 2.75) is 9.79 Å². The number of halogens is 2. The van der Waals surface area contributed by atoms with Crippen LogP contribution in [-0.4, -0.2) is 35.2 Å². The highest BCUT2D eigenvalue weighted by Crippen LogP contribution is 2.30. The van der Waals surface area contributed by atoms with Crippen LogP contribution in [0.15, 0.2) is 82.6 Å². The van der Waals surface area contributed by atoms with Crippen LogP contribution in [0.5, 0.6) is 0 Å². The summed E-state index contributed by atoms with van der Waals surface area (Å²) >= 11 is 12.0. The fourth-order valence-corrected chi connectivity index (χ4v) is 5.43. The Kier molecular flexibility index (Phi) is 7.14. The molecule has 4 aromatic carbocycles. The summed E-state index contributed by atoms with van der Waals surface area (Å²) in [5.41, 5.74) is 0. The van der Waals surface area contributed by atoms with E-state index in [1.807, 2.05) is 12.1 Å². The molecule has 4 aromatic rings. The Hall–Kier alpha value is -2.20. The smallest absolute Gasteiger partial charge is 0.225 e. The van der Waals surface area contributed by atoms with E-state index in [0.29, 0.717) is 26.2 Å². The number of rotatable bonds is 3. The van der Waals surface area contributed by atoms with Crippen molar-refractivity contribution in [1.82, 2.24) is 4.31 Å². The standard InChI is InChI=1S/C12H12ClNO2S.C10H8ClNO2S/c1-14(2)17(15,16)12-8-7-11(13)9-5-3-4-6-10(9)12;11-9-5-6-10(15(12,13)14)8-4-2-1-3-7(8)9/h3-8H,1-2H3;1-6H,(H2,12,13,14). The minimum Gasteiger partial charge on any atom is -0.225 e. The monoisotopic (exact) mass is 510 g/mol. The average Bonchev–Trinajstić information content (AvgIpc) is 2.74. The summed E-state index contributed by atoms with van der Waals surface area (Å²) in [6, 6.07) is 20.3. The molecule has 0 heterocycles. The van der Waals surface area contributed by atoms with E-state index >= 15 is 0 Å². The first-order valence-electron chi connectivity index (χ1n) is 9.24. The Morgan fingerprint density at radius 3 is 1.41 bits per heavy atom. The summed E-state index contributed by atoms with van der Waals surface area (Å²) < 4.78 is 48.1. The van der Waals surface area contributed by atoms with E-state index in [0.717, 1.165) is 5.39 Å². The van der Waals surface area contributed by atoms with Crippen LogP contribution in [0.3, 0.4) is 0 Å². The van der Waals surface area contributed by atoms with Crippen LogP contribution < -0.4 is 5.14 Å². The van der Waals surface area contributed by atoms with Gasteiger partial charge >= 0.3 is 0 Å². The van der Waals surface area contributed by atoms with Crippen LogP contribution in [0, 0.1) is 0 Å². The molecule has 6 nitrogen and oxygen atoms in total. The van der Waals surface area contributed by atoms with E-state index in [-0.39, 0.29) is 9.79 Å². The molecule has 0 radical (unpaired) electrons. The lowest BCUT2D eigenvalue weighted by molar-refractivity contribution is 0.521. The Morgan fingerprint density at radius 1 is 0.625 bits per heavy atom. The van der Waals surface area contributed by atoms with Crippen molar-refractivity contribution in [3.8, 4) is 0 Å². The molecule has 0 aliphatic carbocycles. The van der Waals surface area contributed by atoms with Crippen molar-refractivity contribution in [1.29, 1.82) is 0 Å². The van der Waals surface area contributed by atoms with Gasteiger partial charge in [-0.2, -0.15) is 0 Å². The predicted octanol–water partition coefficient (Wildman–Crippen LogP) is 4.88. The number of fused-ring (bicyclic) bond motifs is 2. The average molecular weight is 511 g/mol. The first kappa shape index (κ1) is 24.4. The van der Waals surface area contributed by atoms with Gasteiger partial charge in [-0.15, -0.1) is 0 Å². The zero-order chi connectivity index (χ0) is 23.7. The van der Waals surface area contributed by atoms with Gasteiger partial charge in [0.15, 0.2) is 0 Å². The highest BCUT2D eigenvalue weighted by Gasteiger charge is 2.20. The number of nitrogens with zero attached hydrogens (tertiary/aromatic N) is 1. The Morgan fingerprint density at radius 2 is 1.00 bits per heavy atom. The maximum absolute atomic E-state index is 12.1. The van der Waals surface area contributed by atoms with Crippen molar-refractivity contribution < 1.29 is 16.8 Å². The van der Waals surface area contributed by atoms with Gasteiger partial charge in [0.1, 0.15) is 0 Å². The van der Waals surface area contributed by atoms with Gasteiger partial charge in [0, 0.05) is 45.7 Å². The second-order valence-electron chi connectivity index (χ2n) is 7.01. The molecule has 32 heavy (non-hydrogen) atoms. The van der Waals surface area contributed by atoms with Crippen LogP contribution in [0.25, 0.3) is 21.5 Å². The Balaban J connectivity index is 0.000000182. The lowest BCUT2D eigenvalue weighted by Crippen LogP contribution is -2.22. The fourth-order valence-electron chi connectivity index (χ4n) is 3.14. The third-order valence-electron chi connectivity index (χ3n) is 4.73. The normalized spacial score (nSPS) is 12.1. The van der Waals surface area contributed by atoms with Gasteiger partial charge in [0.2, 0.25) is 20.0 Å². The summed E-state index contributed by atoms with van der Waals surface area (Å²) in [5.74, 6) is 0. The molecule has 2 N–H and O–H groups in total. The highest BCUT2D eigenvalue weighted by atomic mass is 35.5. The summed E-state index contributed by atoms with van der Waals surface area (Å²) in [6.45, 7) is 0. The van der Waals surface area contributed by atoms with Crippen LogP contribution in [-0.2, 0) is 20.0 Å². The highest BCUT2D eigenvalue weighted by molar-refractivity contribution is 7.89. The third-order valence-corrected chi connectivity index (χ3v) is 8.23. The molecule has 0 bridgehead atoms. The SMILES string of the molecule is CN(C)S(=O)(=O)c1ccc(Cl)c2ccccc12.NS(=O)(=O)c1ccc(Cl)c2ccccc12. The molecule has 0 fully saturated rings. The molecule has 0 aromatic heterocycles. The molecule has 168 valence electrons. The Bertz CT molecular complexity index is 1520. The van der Waals surface area contributed by atoms with Crippen LogP contribution >= 0.6 is 23.2 Å². The van der Waals surface area contributed by atoms with Gasteiger partial charge in [-0.05, 0) is 24.3 Å². The van der Waals surface area contributed by atoms with E-state index in [9.17, 15) is 16.8 Å². The summed E-state index contributed by atoms with van der Waals surface area (Å²) in [7, 11) is -4.13. The molecule has 0 saturated carbocycles. The maximum Gasteiger partial charge on any atom is 0.243 e. The number of sulfonamides is 2. The molecular weight excluding hydrogens is 491 g/mol. The van der Waals surface area contributed by atoms with Crippen LogP contribution in [0.1, 0.15) is 0 Å². The molecule has 10 heteroatoms. The first-order valence-corrected chi connectivity index (χ1v) is 13.0. The number of hydrogen-bond donors (Lipinski definition) is 1. The fraction of sp³-hybridized carbons (Fsp3) is 0.0909. The van der Waals surface area contributed by atoms with E-state index < -0.39 is 20.0 Å². The predicted molar refractivity (Wildman–Crippen MR) is 130 cm³/mol. The first-order chi connectivity index (χ1) is 14.9. The third kappa shape index (κ3) is 4.91. The van der Waals surface area contributed by atoms with Crippen molar-refractivity contribution >= 4 is 64.8 Å². The number of benzene rings is 4. The van der Waals surface area contributed by atoms with Gasteiger partial charge in [-0.3, -0.25) is 0 Å². The van der Waals surface area contributed by atoms with Crippen molar-refractivity contribution in [3.63, 3.8) is 0 Å². The van der Waals surface area contributed by atoms with Crippen LogP contribution in [0.2, 0.25) is 10.0 Å². The largest absolute Gasteiger partial charge is 0.243 e. The molecule has 0 amide bonds. The molecule has 4 rings (SSSR count).